The molecule has 0 heterocycles. The number of carbonyl (C=O) groups excluding carboxylic acids is 1. The summed E-state index contributed by atoms with van der Waals surface area (Å²) in [5, 5.41) is 13.7. The highest BCUT2D eigenvalue weighted by atomic mass is 16.6. The second-order valence-electron chi connectivity index (χ2n) is 6.04. The largest absolute Gasteiger partial charge is 0.493 e. The Labute approximate surface area is 157 Å². The molecule has 2 aromatic carbocycles. The van der Waals surface area contributed by atoms with Gasteiger partial charge in [0.1, 0.15) is 5.69 Å². The number of amides is 1. The first kappa shape index (κ1) is 20.2. The van der Waals surface area contributed by atoms with Gasteiger partial charge in [0, 0.05) is 12.6 Å². The van der Waals surface area contributed by atoms with Crippen LogP contribution in [0.25, 0.3) is 0 Å². The zero-order chi connectivity index (χ0) is 20.0. The fourth-order valence-electron chi connectivity index (χ4n) is 2.58. The number of nitro benzene ring substituents is 1. The first-order valence-corrected chi connectivity index (χ1v) is 8.32. The Bertz CT molecular complexity index is 825. The third-order valence-corrected chi connectivity index (χ3v) is 4.28. The van der Waals surface area contributed by atoms with E-state index in [0.717, 1.165) is 5.56 Å². The number of nitro groups is 1. The maximum atomic E-state index is 12.5. The molecule has 8 heteroatoms. The van der Waals surface area contributed by atoms with Crippen LogP contribution in [0.4, 0.5) is 11.4 Å². The summed E-state index contributed by atoms with van der Waals surface area (Å²) in [5.74, 6) is 0.916. The highest BCUT2D eigenvalue weighted by Crippen LogP contribution is 2.28. The normalized spacial score (nSPS) is 11.7. The maximum Gasteiger partial charge on any atom is 0.292 e. The molecule has 1 N–H and O–H groups in total. The smallest absolute Gasteiger partial charge is 0.292 e. The van der Waals surface area contributed by atoms with E-state index in [2.05, 4.69) is 5.32 Å². The van der Waals surface area contributed by atoms with Crippen molar-refractivity contribution in [3.8, 4) is 11.5 Å². The topological polar surface area (TPSA) is 93.9 Å². The Kier molecular flexibility index (Phi) is 6.73. The molecule has 0 saturated heterocycles. The highest BCUT2D eigenvalue weighted by Gasteiger charge is 2.22. The summed E-state index contributed by atoms with van der Waals surface area (Å²) in [7, 11) is 4.94. The molecule has 8 nitrogen and oxygen atoms in total. The number of likely N-dealkylation sites (N-methyl/N-ethyl adjacent to an activating group) is 1. The van der Waals surface area contributed by atoms with E-state index < -0.39 is 11.0 Å². The van der Waals surface area contributed by atoms with Crippen LogP contribution in [-0.2, 0) is 11.3 Å². The standard InChI is InChI=1S/C19H23N3O5/c1-13(19(23)20-15-7-5-6-8-16(15)22(24)25)21(2)12-14-9-10-17(26-3)18(11-14)27-4/h5-11,13H,12H2,1-4H3,(H,20,23)/t13-/m0/s1. The quantitative estimate of drug-likeness (QED) is 0.564. The highest BCUT2D eigenvalue weighted by molar-refractivity contribution is 5.96. The average molecular weight is 373 g/mol. The summed E-state index contributed by atoms with van der Waals surface area (Å²) in [6, 6.07) is 11.1. The van der Waals surface area contributed by atoms with E-state index in [4.69, 9.17) is 9.47 Å². The number of ether oxygens (including phenoxy) is 2. The minimum absolute atomic E-state index is 0.138. The number of hydrogen-bond donors (Lipinski definition) is 1. The minimum atomic E-state index is -0.520. The molecule has 2 aromatic rings. The van der Waals surface area contributed by atoms with Gasteiger partial charge >= 0.3 is 0 Å². The van der Waals surface area contributed by atoms with E-state index in [-0.39, 0.29) is 17.3 Å². The van der Waals surface area contributed by atoms with Crippen LogP contribution in [0.3, 0.4) is 0 Å². The van der Waals surface area contributed by atoms with Crippen LogP contribution in [0, 0.1) is 10.1 Å². The van der Waals surface area contributed by atoms with Crippen LogP contribution < -0.4 is 14.8 Å². The molecule has 0 spiro atoms. The lowest BCUT2D eigenvalue weighted by Crippen LogP contribution is -2.39. The Balaban J connectivity index is 2.07. The predicted molar refractivity (Wildman–Crippen MR) is 102 cm³/mol. The molecule has 0 bridgehead atoms. The molecule has 0 unspecified atom stereocenters. The molecule has 0 saturated carbocycles. The summed E-state index contributed by atoms with van der Waals surface area (Å²) in [6.45, 7) is 2.23. The van der Waals surface area contributed by atoms with Crippen molar-refractivity contribution < 1.29 is 19.2 Å². The predicted octanol–water partition coefficient (Wildman–Crippen LogP) is 3.07. The van der Waals surface area contributed by atoms with E-state index >= 15 is 0 Å². The number of para-hydroxylation sites is 2. The molecule has 2 rings (SSSR count). The van der Waals surface area contributed by atoms with Gasteiger partial charge in [-0.15, -0.1) is 0 Å². The molecule has 0 aromatic heterocycles. The number of anilines is 1. The third kappa shape index (κ3) is 4.95. The Morgan fingerprint density at radius 3 is 2.48 bits per heavy atom. The van der Waals surface area contributed by atoms with E-state index in [1.54, 1.807) is 46.4 Å². The van der Waals surface area contributed by atoms with Crippen LogP contribution >= 0.6 is 0 Å². The summed E-state index contributed by atoms with van der Waals surface area (Å²) >= 11 is 0. The number of carbonyl (C=O) groups is 1. The summed E-state index contributed by atoms with van der Waals surface area (Å²) in [4.78, 5) is 24.9. The second kappa shape index (κ2) is 9.00. The molecule has 1 amide bonds. The third-order valence-electron chi connectivity index (χ3n) is 4.28. The lowest BCUT2D eigenvalue weighted by atomic mass is 10.1. The van der Waals surface area contributed by atoms with Crippen molar-refractivity contribution >= 4 is 17.3 Å². The lowest BCUT2D eigenvalue weighted by Gasteiger charge is -2.24. The van der Waals surface area contributed by atoms with Crippen LogP contribution in [-0.4, -0.2) is 43.0 Å². The number of hydrogen-bond acceptors (Lipinski definition) is 6. The molecule has 0 fully saturated rings. The van der Waals surface area contributed by atoms with Crippen molar-refractivity contribution in [2.24, 2.45) is 0 Å². The van der Waals surface area contributed by atoms with Gasteiger partial charge < -0.3 is 14.8 Å². The number of nitrogens with one attached hydrogen (secondary N) is 1. The number of methoxy groups -OCH3 is 2. The van der Waals surface area contributed by atoms with Gasteiger partial charge in [-0.2, -0.15) is 0 Å². The fourth-order valence-corrected chi connectivity index (χ4v) is 2.58. The van der Waals surface area contributed by atoms with Gasteiger partial charge in [-0.1, -0.05) is 18.2 Å². The zero-order valence-electron chi connectivity index (χ0n) is 15.8. The van der Waals surface area contributed by atoms with Gasteiger partial charge in [0.25, 0.3) is 5.69 Å². The average Bonchev–Trinajstić information content (AvgIpc) is 2.67. The Morgan fingerprint density at radius 1 is 1.19 bits per heavy atom. The molecule has 0 radical (unpaired) electrons. The number of nitrogens with zero attached hydrogens (tertiary/aromatic N) is 2. The fraction of sp³-hybridized carbons (Fsp3) is 0.316. The van der Waals surface area contributed by atoms with Gasteiger partial charge in [0.15, 0.2) is 11.5 Å². The molecule has 1 atom stereocenters. The Morgan fingerprint density at radius 2 is 1.85 bits per heavy atom. The SMILES string of the molecule is COc1ccc(CN(C)[C@@H](C)C(=O)Nc2ccccc2[N+](=O)[O-])cc1OC. The van der Waals surface area contributed by atoms with Gasteiger partial charge in [-0.05, 0) is 37.7 Å². The van der Waals surface area contributed by atoms with Crippen molar-refractivity contribution in [1.82, 2.24) is 4.90 Å². The van der Waals surface area contributed by atoms with Crippen LogP contribution in [0.1, 0.15) is 12.5 Å². The molecule has 27 heavy (non-hydrogen) atoms. The molecule has 0 aliphatic heterocycles. The molecular formula is C19H23N3O5. The van der Waals surface area contributed by atoms with E-state index in [0.29, 0.717) is 18.0 Å². The summed E-state index contributed by atoms with van der Waals surface area (Å²) in [5.41, 5.74) is 0.986. The monoisotopic (exact) mass is 373 g/mol. The van der Waals surface area contributed by atoms with Gasteiger partial charge in [0.05, 0.1) is 25.2 Å². The molecule has 0 aliphatic rings. The second-order valence-corrected chi connectivity index (χ2v) is 6.04. The molecule has 0 aliphatic carbocycles. The first-order valence-electron chi connectivity index (χ1n) is 8.32. The molecule has 144 valence electrons. The van der Waals surface area contributed by atoms with Crippen LogP contribution in [0.5, 0.6) is 11.5 Å². The lowest BCUT2D eigenvalue weighted by molar-refractivity contribution is -0.383. The van der Waals surface area contributed by atoms with Gasteiger partial charge in [0.2, 0.25) is 5.91 Å². The first-order chi connectivity index (χ1) is 12.9. The maximum absolute atomic E-state index is 12.5. The van der Waals surface area contributed by atoms with Crippen molar-refractivity contribution in [3.05, 3.63) is 58.1 Å². The van der Waals surface area contributed by atoms with Crippen molar-refractivity contribution in [3.63, 3.8) is 0 Å². The van der Waals surface area contributed by atoms with Crippen LogP contribution in [0.2, 0.25) is 0 Å². The van der Waals surface area contributed by atoms with E-state index in [1.165, 1.54) is 12.1 Å². The van der Waals surface area contributed by atoms with Gasteiger partial charge in [-0.3, -0.25) is 19.8 Å². The summed E-state index contributed by atoms with van der Waals surface area (Å²) in [6.07, 6.45) is 0. The van der Waals surface area contributed by atoms with Crippen LogP contribution in [0.15, 0.2) is 42.5 Å². The van der Waals surface area contributed by atoms with Crippen molar-refractivity contribution in [2.75, 3.05) is 26.6 Å². The van der Waals surface area contributed by atoms with Crippen molar-refractivity contribution in [2.45, 2.75) is 19.5 Å². The van der Waals surface area contributed by atoms with Crippen molar-refractivity contribution in [1.29, 1.82) is 0 Å². The minimum Gasteiger partial charge on any atom is -0.493 e. The molecular weight excluding hydrogens is 350 g/mol. The van der Waals surface area contributed by atoms with Gasteiger partial charge in [-0.25, -0.2) is 0 Å². The van der Waals surface area contributed by atoms with E-state index in [1.807, 2.05) is 17.0 Å². The Hall–Kier alpha value is -3.13. The number of rotatable bonds is 8. The van der Waals surface area contributed by atoms with E-state index in [9.17, 15) is 14.9 Å². The zero-order valence-corrected chi connectivity index (χ0v) is 15.8. The number of benzene rings is 2. The summed E-state index contributed by atoms with van der Waals surface area (Å²) < 4.78 is 10.5.